The van der Waals surface area contributed by atoms with Crippen LogP contribution in [0, 0.1) is 17.0 Å². The number of hydrogen-bond donors (Lipinski definition) is 2. The maximum Gasteiger partial charge on any atom is 0.273 e. The van der Waals surface area contributed by atoms with Crippen LogP contribution in [0.5, 0.6) is 0 Å². The van der Waals surface area contributed by atoms with Gasteiger partial charge in [-0.25, -0.2) is 13.1 Å². The predicted octanol–water partition coefficient (Wildman–Crippen LogP) is 1.74. The average molecular weight is 350 g/mol. The van der Waals surface area contributed by atoms with Crippen molar-refractivity contribution in [2.24, 2.45) is 0 Å². The first kappa shape index (κ1) is 18.8. The number of rotatable bonds is 4. The molecule has 0 amide bonds. The van der Waals surface area contributed by atoms with Crippen molar-refractivity contribution in [3.63, 3.8) is 0 Å². The molecule has 9 heteroatoms. The number of hydrogen-bond acceptors (Lipinski definition) is 5. The minimum absolute atomic E-state index is 0. The third kappa shape index (κ3) is 4.16. The highest BCUT2D eigenvalue weighted by molar-refractivity contribution is 7.89. The Labute approximate surface area is 136 Å². The van der Waals surface area contributed by atoms with Crippen molar-refractivity contribution in [3.05, 3.63) is 33.9 Å². The third-order valence-electron chi connectivity index (χ3n) is 3.69. The van der Waals surface area contributed by atoms with E-state index in [1.165, 1.54) is 25.1 Å². The maximum atomic E-state index is 12.4. The molecule has 124 valence electrons. The van der Waals surface area contributed by atoms with E-state index >= 15 is 0 Å². The molecule has 1 aliphatic rings. The van der Waals surface area contributed by atoms with E-state index < -0.39 is 14.9 Å². The van der Waals surface area contributed by atoms with Crippen LogP contribution < -0.4 is 10.0 Å². The quantitative estimate of drug-likeness (QED) is 0.637. The van der Waals surface area contributed by atoms with Crippen LogP contribution in [0.15, 0.2) is 23.1 Å². The molecule has 1 saturated heterocycles. The minimum atomic E-state index is -3.75. The number of nitrogens with one attached hydrogen (secondary N) is 2. The van der Waals surface area contributed by atoms with Crippen molar-refractivity contribution < 1.29 is 13.3 Å². The summed E-state index contributed by atoms with van der Waals surface area (Å²) in [6.07, 6.45) is 1.41. The summed E-state index contributed by atoms with van der Waals surface area (Å²) >= 11 is 0. The van der Waals surface area contributed by atoms with E-state index in [1.807, 2.05) is 6.92 Å². The van der Waals surface area contributed by atoms with Gasteiger partial charge >= 0.3 is 0 Å². The summed E-state index contributed by atoms with van der Waals surface area (Å²) in [5.41, 5.74) is -0.0199. The molecule has 2 unspecified atom stereocenters. The van der Waals surface area contributed by atoms with Crippen molar-refractivity contribution in [1.29, 1.82) is 0 Å². The molecule has 2 atom stereocenters. The van der Waals surface area contributed by atoms with Gasteiger partial charge in [0.05, 0.1) is 9.82 Å². The first-order valence-corrected chi connectivity index (χ1v) is 8.29. The van der Waals surface area contributed by atoms with Gasteiger partial charge in [-0.15, -0.1) is 12.4 Å². The molecular formula is C13H20ClN3O4S. The Bertz CT molecular complexity index is 651. The highest BCUT2D eigenvalue weighted by atomic mass is 35.5. The molecule has 0 saturated carbocycles. The lowest BCUT2D eigenvalue weighted by atomic mass is 10.0. The molecule has 1 aromatic carbocycles. The minimum Gasteiger partial charge on any atom is -0.314 e. The van der Waals surface area contributed by atoms with Gasteiger partial charge in [0.15, 0.2) is 0 Å². The fourth-order valence-electron chi connectivity index (χ4n) is 2.61. The molecule has 7 nitrogen and oxygen atoms in total. The van der Waals surface area contributed by atoms with Gasteiger partial charge in [0.1, 0.15) is 0 Å². The van der Waals surface area contributed by atoms with Crippen LogP contribution in [-0.4, -0.2) is 32.0 Å². The standard InChI is InChI=1S/C13H19N3O4S.ClH/c1-9-8-11(6-7-14-9)15-21(19,20)13-5-3-4-12(10(13)2)16(17)18;/h3-5,9,11,14-15H,6-8H2,1-2H3;1H. The average Bonchev–Trinajstić information content (AvgIpc) is 2.37. The first-order valence-electron chi connectivity index (χ1n) is 6.81. The summed E-state index contributed by atoms with van der Waals surface area (Å²) < 4.78 is 27.6. The highest BCUT2D eigenvalue weighted by Crippen LogP contribution is 2.25. The van der Waals surface area contributed by atoms with Gasteiger partial charge in [-0.2, -0.15) is 0 Å². The molecule has 0 radical (unpaired) electrons. The van der Waals surface area contributed by atoms with Gasteiger partial charge in [-0.3, -0.25) is 10.1 Å². The second-order valence-electron chi connectivity index (χ2n) is 5.36. The monoisotopic (exact) mass is 349 g/mol. The Morgan fingerprint density at radius 2 is 2.09 bits per heavy atom. The largest absolute Gasteiger partial charge is 0.314 e. The molecule has 0 bridgehead atoms. The summed E-state index contributed by atoms with van der Waals surface area (Å²) in [6, 6.07) is 4.20. The van der Waals surface area contributed by atoms with E-state index in [9.17, 15) is 18.5 Å². The van der Waals surface area contributed by atoms with Crippen LogP contribution in [0.2, 0.25) is 0 Å². The Hall–Kier alpha value is -1.22. The Balaban J connectivity index is 0.00000242. The van der Waals surface area contributed by atoms with E-state index in [-0.39, 0.29) is 40.6 Å². The lowest BCUT2D eigenvalue weighted by Crippen LogP contribution is -2.46. The molecule has 1 heterocycles. The van der Waals surface area contributed by atoms with E-state index in [1.54, 1.807) is 0 Å². The van der Waals surface area contributed by atoms with Crippen LogP contribution in [0.25, 0.3) is 0 Å². The Morgan fingerprint density at radius 3 is 2.68 bits per heavy atom. The number of nitrogens with zero attached hydrogens (tertiary/aromatic N) is 1. The van der Waals surface area contributed by atoms with E-state index in [0.29, 0.717) is 12.8 Å². The molecule has 1 aromatic rings. The zero-order valence-corrected chi connectivity index (χ0v) is 14.0. The fraction of sp³-hybridized carbons (Fsp3) is 0.538. The smallest absolute Gasteiger partial charge is 0.273 e. The van der Waals surface area contributed by atoms with E-state index in [4.69, 9.17) is 0 Å². The fourth-order valence-corrected chi connectivity index (χ4v) is 4.16. The molecule has 2 rings (SSSR count). The summed E-state index contributed by atoms with van der Waals surface area (Å²) in [6.45, 7) is 4.21. The molecule has 0 aromatic heterocycles. The molecular weight excluding hydrogens is 330 g/mol. The third-order valence-corrected chi connectivity index (χ3v) is 5.35. The Kier molecular flexibility index (Phi) is 6.30. The number of benzene rings is 1. The van der Waals surface area contributed by atoms with E-state index in [2.05, 4.69) is 10.0 Å². The van der Waals surface area contributed by atoms with Crippen molar-refractivity contribution in [2.45, 2.75) is 43.7 Å². The first-order chi connectivity index (χ1) is 9.81. The summed E-state index contributed by atoms with van der Waals surface area (Å²) in [5.74, 6) is 0. The SMILES string of the molecule is Cc1c([N+](=O)[O-])cccc1S(=O)(=O)NC1CCNC(C)C1.Cl. The van der Waals surface area contributed by atoms with Crippen LogP contribution in [0.3, 0.4) is 0 Å². The van der Waals surface area contributed by atoms with Crippen molar-refractivity contribution in [2.75, 3.05) is 6.54 Å². The lowest BCUT2D eigenvalue weighted by molar-refractivity contribution is -0.385. The second-order valence-corrected chi connectivity index (χ2v) is 7.04. The van der Waals surface area contributed by atoms with Crippen LogP contribution in [0.1, 0.15) is 25.3 Å². The summed E-state index contributed by atoms with van der Waals surface area (Å²) in [4.78, 5) is 10.3. The van der Waals surface area contributed by atoms with Crippen molar-refractivity contribution >= 4 is 28.1 Å². The molecule has 2 N–H and O–H groups in total. The zero-order valence-electron chi connectivity index (χ0n) is 12.4. The van der Waals surface area contributed by atoms with Gasteiger partial charge in [0.2, 0.25) is 10.0 Å². The topological polar surface area (TPSA) is 101 Å². The number of halogens is 1. The van der Waals surface area contributed by atoms with Crippen molar-refractivity contribution in [3.8, 4) is 0 Å². The summed E-state index contributed by atoms with van der Waals surface area (Å²) in [5, 5.41) is 14.2. The van der Waals surface area contributed by atoms with E-state index in [0.717, 1.165) is 6.54 Å². The van der Waals surface area contributed by atoms with Crippen LogP contribution in [0.4, 0.5) is 5.69 Å². The lowest BCUT2D eigenvalue weighted by Gasteiger charge is -2.28. The van der Waals surface area contributed by atoms with Crippen molar-refractivity contribution in [1.82, 2.24) is 10.0 Å². The number of piperidine rings is 1. The zero-order chi connectivity index (χ0) is 15.6. The van der Waals surface area contributed by atoms with Crippen LogP contribution in [-0.2, 0) is 10.0 Å². The van der Waals surface area contributed by atoms with Gasteiger partial charge in [-0.05, 0) is 39.3 Å². The maximum absolute atomic E-state index is 12.4. The summed E-state index contributed by atoms with van der Waals surface area (Å²) in [7, 11) is -3.75. The molecule has 1 aliphatic heterocycles. The van der Waals surface area contributed by atoms with Gasteiger partial charge in [0, 0.05) is 23.7 Å². The number of nitro groups is 1. The predicted molar refractivity (Wildman–Crippen MR) is 85.9 cm³/mol. The molecule has 0 spiro atoms. The molecule has 1 fully saturated rings. The Morgan fingerprint density at radius 1 is 1.41 bits per heavy atom. The second kappa shape index (κ2) is 7.36. The van der Waals surface area contributed by atoms with Gasteiger partial charge in [-0.1, -0.05) is 6.07 Å². The van der Waals surface area contributed by atoms with Crippen LogP contribution >= 0.6 is 12.4 Å². The normalized spacial score (nSPS) is 21.9. The number of sulfonamides is 1. The van der Waals surface area contributed by atoms with Gasteiger partial charge < -0.3 is 5.32 Å². The molecule has 22 heavy (non-hydrogen) atoms. The van der Waals surface area contributed by atoms with Gasteiger partial charge in [0.25, 0.3) is 5.69 Å². The highest BCUT2D eigenvalue weighted by Gasteiger charge is 2.27. The number of nitro benzene ring substituents is 1. The molecule has 0 aliphatic carbocycles.